The number of amides is 1. The number of nitrogens with one attached hydrogen (secondary N) is 1. The molecule has 1 unspecified atom stereocenters. The number of unbranched alkanes of at least 4 members (excludes halogenated alkanes) is 2. The van der Waals surface area contributed by atoms with E-state index in [1.54, 1.807) is 0 Å². The first kappa shape index (κ1) is 17.3. The van der Waals surface area contributed by atoms with E-state index in [-0.39, 0.29) is 11.9 Å². The van der Waals surface area contributed by atoms with Gasteiger partial charge in [-0.15, -0.1) is 0 Å². The molecule has 116 valence electrons. The van der Waals surface area contributed by atoms with Crippen LogP contribution in [0.25, 0.3) is 0 Å². The topological polar surface area (TPSA) is 61.6 Å². The molecule has 1 fully saturated rings. The SMILES string of the molecule is CCCCCNC(=O)C(C)N1CCN(CC(N)=S)CC1. The maximum Gasteiger partial charge on any atom is 0.237 e. The molecule has 0 saturated carbocycles. The number of nitrogens with two attached hydrogens (primary N) is 1. The van der Waals surface area contributed by atoms with E-state index in [1.807, 2.05) is 6.92 Å². The van der Waals surface area contributed by atoms with Crippen LogP contribution in [-0.4, -0.2) is 66.0 Å². The number of piperazine rings is 1. The molecule has 0 spiro atoms. The third-order valence-electron chi connectivity index (χ3n) is 3.79. The Kier molecular flexibility index (Phi) is 8.02. The van der Waals surface area contributed by atoms with E-state index in [1.165, 1.54) is 12.8 Å². The number of hydrogen-bond donors (Lipinski definition) is 2. The molecule has 6 heteroatoms. The van der Waals surface area contributed by atoms with Crippen LogP contribution in [0.1, 0.15) is 33.1 Å². The molecule has 1 rings (SSSR count). The van der Waals surface area contributed by atoms with Gasteiger partial charge in [0.2, 0.25) is 5.91 Å². The molecule has 1 saturated heterocycles. The molecule has 1 aliphatic heterocycles. The van der Waals surface area contributed by atoms with Gasteiger partial charge in [0.1, 0.15) is 0 Å². The molecule has 0 aromatic carbocycles. The fourth-order valence-electron chi connectivity index (χ4n) is 2.43. The van der Waals surface area contributed by atoms with Crippen LogP contribution < -0.4 is 11.1 Å². The van der Waals surface area contributed by atoms with Gasteiger partial charge in [-0.25, -0.2) is 0 Å². The number of nitrogens with zero attached hydrogens (tertiary/aromatic N) is 2. The quantitative estimate of drug-likeness (QED) is 0.507. The number of rotatable bonds is 8. The zero-order valence-corrected chi connectivity index (χ0v) is 13.5. The lowest BCUT2D eigenvalue weighted by molar-refractivity contribution is -0.126. The zero-order chi connectivity index (χ0) is 15.0. The van der Waals surface area contributed by atoms with Gasteiger partial charge in [-0.1, -0.05) is 32.0 Å². The third kappa shape index (κ3) is 6.15. The second-order valence-electron chi connectivity index (χ2n) is 5.45. The lowest BCUT2D eigenvalue weighted by atomic mass is 10.2. The molecule has 1 aliphatic rings. The molecular weight excluding hydrogens is 272 g/mol. The number of thiocarbonyl (C=S) groups is 1. The number of carbonyl (C=O) groups is 1. The average molecular weight is 300 g/mol. The Labute approximate surface area is 127 Å². The summed E-state index contributed by atoms with van der Waals surface area (Å²) in [5.74, 6) is 0.142. The van der Waals surface area contributed by atoms with Crippen LogP contribution in [0.15, 0.2) is 0 Å². The third-order valence-corrected chi connectivity index (χ3v) is 3.92. The van der Waals surface area contributed by atoms with Crippen molar-refractivity contribution >= 4 is 23.1 Å². The smallest absolute Gasteiger partial charge is 0.237 e. The van der Waals surface area contributed by atoms with E-state index in [2.05, 4.69) is 22.0 Å². The van der Waals surface area contributed by atoms with E-state index in [4.69, 9.17) is 18.0 Å². The first-order chi connectivity index (χ1) is 9.54. The first-order valence-electron chi connectivity index (χ1n) is 7.57. The number of carbonyl (C=O) groups excluding carboxylic acids is 1. The summed E-state index contributed by atoms with van der Waals surface area (Å²) in [5.41, 5.74) is 5.56. The van der Waals surface area contributed by atoms with Gasteiger partial charge in [0.15, 0.2) is 0 Å². The highest BCUT2D eigenvalue weighted by molar-refractivity contribution is 7.80. The fraction of sp³-hybridized carbons (Fsp3) is 0.857. The molecule has 20 heavy (non-hydrogen) atoms. The van der Waals surface area contributed by atoms with Crippen LogP contribution in [0.2, 0.25) is 0 Å². The molecule has 0 aromatic heterocycles. The number of hydrogen-bond acceptors (Lipinski definition) is 4. The van der Waals surface area contributed by atoms with Crippen molar-refractivity contribution in [3.8, 4) is 0 Å². The van der Waals surface area contributed by atoms with Crippen LogP contribution in [0.5, 0.6) is 0 Å². The van der Waals surface area contributed by atoms with Crippen molar-refractivity contribution in [3.63, 3.8) is 0 Å². The highest BCUT2D eigenvalue weighted by Gasteiger charge is 2.25. The molecule has 0 aliphatic carbocycles. The zero-order valence-electron chi connectivity index (χ0n) is 12.7. The standard InChI is InChI=1S/C14H28N4OS/c1-3-4-5-6-16-14(19)12(2)18-9-7-17(8-10-18)11-13(15)20/h12H,3-11H2,1-2H3,(H2,15,20)(H,16,19). The molecule has 1 amide bonds. The average Bonchev–Trinajstić information content (AvgIpc) is 2.43. The van der Waals surface area contributed by atoms with E-state index < -0.39 is 0 Å². The summed E-state index contributed by atoms with van der Waals surface area (Å²) < 4.78 is 0. The molecule has 0 aromatic rings. The minimum atomic E-state index is -0.0522. The lowest BCUT2D eigenvalue weighted by Gasteiger charge is -2.37. The summed E-state index contributed by atoms with van der Waals surface area (Å²) in [6, 6.07) is -0.0522. The predicted octanol–water partition coefficient (Wildman–Crippen LogP) is 0.585. The second kappa shape index (κ2) is 9.26. The maximum atomic E-state index is 12.1. The Hall–Kier alpha value is -0.720. The van der Waals surface area contributed by atoms with Crippen LogP contribution >= 0.6 is 12.2 Å². The van der Waals surface area contributed by atoms with Gasteiger partial charge in [0.25, 0.3) is 0 Å². The Bertz CT molecular complexity index is 316. The van der Waals surface area contributed by atoms with Gasteiger partial charge in [-0.05, 0) is 13.3 Å². The van der Waals surface area contributed by atoms with Gasteiger partial charge in [0.05, 0.1) is 11.0 Å². The van der Waals surface area contributed by atoms with Crippen molar-refractivity contribution < 1.29 is 4.79 Å². The van der Waals surface area contributed by atoms with E-state index in [9.17, 15) is 4.79 Å². The van der Waals surface area contributed by atoms with Crippen molar-refractivity contribution in [1.82, 2.24) is 15.1 Å². The summed E-state index contributed by atoms with van der Waals surface area (Å²) in [6.45, 7) is 9.25. The summed E-state index contributed by atoms with van der Waals surface area (Å²) in [7, 11) is 0. The molecule has 5 nitrogen and oxygen atoms in total. The van der Waals surface area contributed by atoms with E-state index >= 15 is 0 Å². The van der Waals surface area contributed by atoms with Crippen LogP contribution in [-0.2, 0) is 4.79 Å². The van der Waals surface area contributed by atoms with Crippen molar-refractivity contribution in [3.05, 3.63) is 0 Å². The van der Waals surface area contributed by atoms with Gasteiger partial charge < -0.3 is 11.1 Å². The van der Waals surface area contributed by atoms with E-state index in [0.717, 1.165) is 39.1 Å². The first-order valence-corrected chi connectivity index (χ1v) is 7.97. The molecule has 1 heterocycles. The fourth-order valence-corrected chi connectivity index (χ4v) is 2.61. The van der Waals surface area contributed by atoms with Crippen LogP contribution in [0, 0.1) is 0 Å². The van der Waals surface area contributed by atoms with E-state index in [0.29, 0.717) is 11.5 Å². The van der Waals surface area contributed by atoms with Gasteiger partial charge in [-0.3, -0.25) is 14.6 Å². The Morgan fingerprint density at radius 3 is 2.50 bits per heavy atom. The molecular formula is C14H28N4OS. The molecule has 0 bridgehead atoms. The Morgan fingerprint density at radius 1 is 1.30 bits per heavy atom. The largest absolute Gasteiger partial charge is 0.392 e. The van der Waals surface area contributed by atoms with Crippen molar-refractivity contribution in [2.75, 3.05) is 39.3 Å². The van der Waals surface area contributed by atoms with Crippen molar-refractivity contribution in [2.45, 2.75) is 39.2 Å². The van der Waals surface area contributed by atoms with Crippen LogP contribution in [0.3, 0.4) is 0 Å². The molecule has 0 radical (unpaired) electrons. The Balaban J connectivity index is 2.25. The summed E-state index contributed by atoms with van der Waals surface area (Å²) in [4.78, 5) is 17.1. The van der Waals surface area contributed by atoms with Gasteiger partial charge >= 0.3 is 0 Å². The minimum absolute atomic E-state index is 0.0522. The highest BCUT2D eigenvalue weighted by atomic mass is 32.1. The molecule has 3 N–H and O–H groups in total. The minimum Gasteiger partial charge on any atom is -0.392 e. The van der Waals surface area contributed by atoms with Gasteiger partial charge in [0, 0.05) is 39.3 Å². The van der Waals surface area contributed by atoms with Crippen molar-refractivity contribution in [2.24, 2.45) is 5.73 Å². The molecule has 1 atom stereocenters. The van der Waals surface area contributed by atoms with Crippen molar-refractivity contribution in [1.29, 1.82) is 0 Å². The monoisotopic (exact) mass is 300 g/mol. The van der Waals surface area contributed by atoms with Gasteiger partial charge in [-0.2, -0.15) is 0 Å². The van der Waals surface area contributed by atoms with Crippen LogP contribution in [0.4, 0.5) is 0 Å². The normalized spacial score (nSPS) is 18.7. The highest BCUT2D eigenvalue weighted by Crippen LogP contribution is 2.06. The summed E-state index contributed by atoms with van der Waals surface area (Å²) in [6.07, 6.45) is 3.42. The summed E-state index contributed by atoms with van der Waals surface area (Å²) >= 11 is 4.93. The Morgan fingerprint density at radius 2 is 1.95 bits per heavy atom. The predicted molar refractivity (Wildman–Crippen MR) is 86.8 cm³/mol. The summed E-state index contributed by atoms with van der Waals surface area (Å²) in [5, 5.41) is 3.02. The second-order valence-corrected chi connectivity index (χ2v) is 5.98. The maximum absolute atomic E-state index is 12.1. The lowest BCUT2D eigenvalue weighted by Crippen LogP contribution is -2.54.